The monoisotopic (exact) mass is 192 g/mol. The van der Waals surface area contributed by atoms with Crippen LogP contribution in [0.2, 0.25) is 0 Å². The summed E-state index contributed by atoms with van der Waals surface area (Å²) in [5.41, 5.74) is 1.63. The molecular weight excluding hydrogens is 180 g/mol. The Morgan fingerprint density at radius 2 is 2.23 bits per heavy atom. The molecule has 0 saturated carbocycles. The SMILES string of the molecule is CSC(C)(C)c1ccnc(C#N)c1. The molecule has 1 heterocycles. The summed E-state index contributed by atoms with van der Waals surface area (Å²) in [7, 11) is 0. The Morgan fingerprint density at radius 3 is 2.77 bits per heavy atom. The van der Waals surface area contributed by atoms with Crippen LogP contribution in [0.15, 0.2) is 18.3 Å². The normalized spacial score (nSPS) is 10.9. The molecule has 2 nitrogen and oxygen atoms in total. The van der Waals surface area contributed by atoms with Gasteiger partial charge in [0.05, 0.1) is 0 Å². The maximum Gasteiger partial charge on any atom is 0.140 e. The van der Waals surface area contributed by atoms with Crippen molar-refractivity contribution in [3.63, 3.8) is 0 Å². The molecule has 0 aromatic carbocycles. The van der Waals surface area contributed by atoms with Gasteiger partial charge in [-0.1, -0.05) is 0 Å². The van der Waals surface area contributed by atoms with Crippen LogP contribution >= 0.6 is 11.8 Å². The first-order valence-electron chi connectivity index (χ1n) is 4.02. The van der Waals surface area contributed by atoms with Crippen molar-refractivity contribution in [1.29, 1.82) is 5.26 Å². The second kappa shape index (κ2) is 3.80. The van der Waals surface area contributed by atoms with Gasteiger partial charge in [-0.05, 0) is 37.8 Å². The first-order valence-corrected chi connectivity index (χ1v) is 5.24. The highest BCUT2D eigenvalue weighted by Gasteiger charge is 2.18. The zero-order chi connectivity index (χ0) is 9.90. The lowest BCUT2D eigenvalue weighted by molar-refractivity contribution is 0.782. The Balaban J connectivity index is 3.10. The van der Waals surface area contributed by atoms with E-state index in [4.69, 9.17) is 5.26 Å². The molecule has 0 aliphatic carbocycles. The molecule has 13 heavy (non-hydrogen) atoms. The Labute approximate surface area is 83.0 Å². The van der Waals surface area contributed by atoms with E-state index in [-0.39, 0.29) is 4.75 Å². The van der Waals surface area contributed by atoms with Gasteiger partial charge in [-0.2, -0.15) is 17.0 Å². The predicted molar refractivity (Wildman–Crippen MR) is 55.5 cm³/mol. The zero-order valence-corrected chi connectivity index (χ0v) is 8.85. The van der Waals surface area contributed by atoms with Crippen LogP contribution in [0.5, 0.6) is 0 Å². The van der Waals surface area contributed by atoms with Crippen LogP contribution in [0.25, 0.3) is 0 Å². The number of rotatable bonds is 2. The molecule has 0 N–H and O–H groups in total. The summed E-state index contributed by atoms with van der Waals surface area (Å²) in [5, 5.41) is 8.68. The second-order valence-corrected chi connectivity index (χ2v) is 4.68. The highest BCUT2D eigenvalue weighted by Crippen LogP contribution is 2.33. The molecule has 1 aromatic rings. The van der Waals surface area contributed by atoms with Crippen molar-refractivity contribution < 1.29 is 0 Å². The predicted octanol–water partition coefficient (Wildman–Crippen LogP) is 2.55. The molecule has 0 radical (unpaired) electrons. The highest BCUT2D eigenvalue weighted by molar-refractivity contribution is 7.99. The lowest BCUT2D eigenvalue weighted by Crippen LogP contribution is -2.11. The minimum Gasteiger partial charge on any atom is -0.246 e. The molecular formula is C10H12N2S. The summed E-state index contributed by atoms with van der Waals surface area (Å²) in [6, 6.07) is 5.84. The molecule has 3 heteroatoms. The Hall–Kier alpha value is -1.01. The number of nitrogens with zero attached hydrogens (tertiary/aromatic N) is 2. The van der Waals surface area contributed by atoms with E-state index in [1.54, 1.807) is 18.0 Å². The molecule has 0 aliphatic rings. The fraction of sp³-hybridized carbons (Fsp3) is 0.400. The molecule has 0 unspecified atom stereocenters. The lowest BCUT2D eigenvalue weighted by atomic mass is 10.0. The van der Waals surface area contributed by atoms with Crippen LogP contribution in [0.3, 0.4) is 0 Å². The largest absolute Gasteiger partial charge is 0.246 e. The van der Waals surface area contributed by atoms with Crippen LogP contribution in [-0.2, 0) is 4.75 Å². The molecule has 0 fully saturated rings. The van der Waals surface area contributed by atoms with Gasteiger partial charge >= 0.3 is 0 Å². The van der Waals surface area contributed by atoms with Gasteiger partial charge in [0, 0.05) is 10.9 Å². The van der Waals surface area contributed by atoms with Crippen LogP contribution in [-0.4, -0.2) is 11.2 Å². The van der Waals surface area contributed by atoms with Crippen molar-refractivity contribution in [2.75, 3.05) is 6.26 Å². The van der Waals surface area contributed by atoms with Gasteiger partial charge in [-0.25, -0.2) is 4.98 Å². The van der Waals surface area contributed by atoms with Gasteiger partial charge in [-0.3, -0.25) is 0 Å². The molecule has 68 valence electrons. The van der Waals surface area contributed by atoms with Gasteiger partial charge in [0.25, 0.3) is 0 Å². The zero-order valence-electron chi connectivity index (χ0n) is 8.03. The van der Waals surface area contributed by atoms with Crippen LogP contribution in [0, 0.1) is 11.3 Å². The standard InChI is InChI=1S/C10H12N2S/c1-10(2,13-3)8-4-5-12-9(6-8)7-11/h4-6H,1-3H3. The van der Waals surface area contributed by atoms with Gasteiger partial charge < -0.3 is 0 Å². The Morgan fingerprint density at radius 1 is 1.54 bits per heavy atom. The minimum atomic E-state index is 0.0501. The molecule has 0 amide bonds. The van der Waals surface area contributed by atoms with Gasteiger partial charge in [0.2, 0.25) is 0 Å². The molecule has 0 atom stereocenters. The van der Waals surface area contributed by atoms with Gasteiger partial charge in [0.15, 0.2) is 0 Å². The smallest absolute Gasteiger partial charge is 0.140 e. The Bertz CT molecular complexity index is 339. The van der Waals surface area contributed by atoms with E-state index in [1.165, 1.54) is 0 Å². The molecule has 0 bridgehead atoms. The van der Waals surface area contributed by atoms with E-state index < -0.39 is 0 Å². The van der Waals surface area contributed by atoms with E-state index in [9.17, 15) is 0 Å². The number of nitriles is 1. The van der Waals surface area contributed by atoms with E-state index in [0.29, 0.717) is 5.69 Å². The fourth-order valence-corrected chi connectivity index (χ4v) is 1.35. The number of aromatic nitrogens is 1. The molecule has 1 aromatic heterocycles. The number of pyridine rings is 1. The molecule has 0 spiro atoms. The van der Waals surface area contributed by atoms with Crippen LogP contribution in [0.4, 0.5) is 0 Å². The van der Waals surface area contributed by atoms with Gasteiger partial charge in [-0.15, -0.1) is 0 Å². The topological polar surface area (TPSA) is 36.7 Å². The summed E-state index contributed by atoms with van der Waals surface area (Å²) in [6.45, 7) is 4.27. The van der Waals surface area contributed by atoms with E-state index >= 15 is 0 Å². The quantitative estimate of drug-likeness (QED) is 0.722. The number of hydrogen-bond acceptors (Lipinski definition) is 3. The number of thioether (sulfide) groups is 1. The molecule has 0 aliphatic heterocycles. The maximum absolute atomic E-state index is 8.68. The van der Waals surface area contributed by atoms with E-state index in [0.717, 1.165) is 5.56 Å². The third-order valence-corrected chi connectivity index (χ3v) is 3.34. The molecule has 1 rings (SSSR count). The third-order valence-electron chi connectivity index (χ3n) is 2.08. The lowest BCUT2D eigenvalue weighted by Gasteiger charge is -2.22. The van der Waals surface area contributed by atoms with Crippen molar-refractivity contribution in [2.45, 2.75) is 18.6 Å². The van der Waals surface area contributed by atoms with Crippen molar-refractivity contribution in [2.24, 2.45) is 0 Å². The van der Waals surface area contributed by atoms with Crippen molar-refractivity contribution in [3.8, 4) is 6.07 Å². The third kappa shape index (κ3) is 2.22. The first kappa shape index (κ1) is 10.1. The summed E-state index contributed by atoms with van der Waals surface area (Å²) in [6.07, 6.45) is 3.75. The first-order chi connectivity index (χ1) is 6.10. The van der Waals surface area contributed by atoms with Crippen LogP contribution in [0.1, 0.15) is 25.1 Å². The number of hydrogen-bond donors (Lipinski definition) is 0. The summed E-state index contributed by atoms with van der Waals surface area (Å²) in [5.74, 6) is 0. The fourth-order valence-electron chi connectivity index (χ4n) is 0.984. The van der Waals surface area contributed by atoms with Crippen molar-refractivity contribution >= 4 is 11.8 Å². The molecule has 0 saturated heterocycles. The minimum absolute atomic E-state index is 0.0501. The maximum atomic E-state index is 8.68. The summed E-state index contributed by atoms with van der Waals surface area (Å²) >= 11 is 1.76. The van der Waals surface area contributed by atoms with Crippen molar-refractivity contribution in [1.82, 2.24) is 4.98 Å². The second-order valence-electron chi connectivity index (χ2n) is 3.26. The average Bonchev–Trinajstić information content (AvgIpc) is 2.18. The highest BCUT2D eigenvalue weighted by atomic mass is 32.2. The average molecular weight is 192 g/mol. The van der Waals surface area contributed by atoms with E-state index in [2.05, 4.69) is 25.1 Å². The van der Waals surface area contributed by atoms with Gasteiger partial charge in [0.1, 0.15) is 11.8 Å². The van der Waals surface area contributed by atoms with Crippen LogP contribution < -0.4 is 0 Å². The summed E-state index contributed by atoms with van der Waals surface area (Å²) < 4.78 is 0.0501. The van der Waals surface area contributed by atoms with Crippen molar-refractivity contribution in [3.05, 3.63) is 29.6 Å². The Kier molecular flexibility index (Phi) is 2.94. The summed E-state index contributed by atoms with van der Waals surface area (Å²) in [4.78, 5) is 3.94. The van der Waals surface area contributed by atoms with E-state index in [1.807, 2.05) is 18.2 Å².